The lowest BCUT2D eigenvalue weighted by Gasteiger charge is -2.46. The number of carbonyl (C=O) groups excluding carboxylic acids is 2. The minimum Gasteiger partial charge on any atom is -0.458 e. The summed E-state index contributed by atoms with van der Waals surface area (Å²) in [7, 11) is 0. The minimum atomic E-state index is -9.59. The van der Waals surface area contributed by atoms with Crippen LogP contribution in [-0.4, -0.2) is 90.1 Å². The predicted octanol–water partition coefficient (Wildman–Crippen LogP) is 8.90. The van der Waals surface area contributed by atoms with Crippen molar-refractivity contribution in [2.45, 2.75) is 91.8 Å². The van der Waals surface area contributed by atoms with Gasteiger partial charge in [-0.05, 0) is 13.8 Å². The fourth-order valence-corrected chi connectivity index (χ4v) is 3.04. The summed E-state index contributed by atoms with van der Waals surface area (Å²) in [5, 5.41) is 0. The van der Waals surface area contributed by atoms with Crippen LogP contribution in [0.1, 0.15) is 20.3 Å². The summed E-state index contributed by atoms with van der Waals surface area (Å²) < 4.78 is 322. The second-order valence-corrected chi connectivity index (χ2v) is 9.77. The summed E-state index contributed by atoms with van der Waals surface area (Å²) in [6.45, 7) is 5.23. The Kier molecular flexibility index (Phi) is 12.0. The Labute approximate surface area is 255 Å². The lowest BCUT2D eigenvalue weighted by Crippen LogP contribution is -2.79. The second-order valence-electron chi connectivity index (χ2n) is 9.77. The molecular formula is C22H15F23O4. The molecule has 0 aliphatic rings. The van der Waals surface area contributed by atoms with Crippen LogP contribution in [0.3, 0.4) is 0 Å². The number of carbonyl (C=O) groups is 2. The Balaban J connectivity index is 7.27. The van der Waals surface area contributed by atoms with E-state index >= 15 is 0 Å². The third-order valence-electron chi connectivity index (χ3n) is 5.89. The fraction of sp³-hybridized carbons (Fsp3) is 0.727. The predicted molar refractivity (Wildman–Crippen MR) is 111 cm³/mol. The van der Waals surface area contributed by atoms with E-state index in [0.29, 0.717) is 6.92 Å². The molecule has 0 amide bonds. The van der Waals surface area contributed by atoms with E-state index in [1.165, 1.54) is 0 Å². The number of esters is 2. The molecule has 0 saturated carbocycles. The molecule has 0 fully saturated rings. The average Bonchev–Trinajstić information content (AvgIpc) is 2.88. The van der Waals surface area contributed by atoms with Gasteiger partial charge in [-0.3, -0.25) is 0 Å². The maximum Gasteiger partial charge on any atom is 0.438 e. The zero-order valence-corrected chi connectivity index (χ0v) is 23.2. The third kappa shape index (κ3) is 6.94. The first-order valence-corrected chi connectivity index (χ1v) is 11.6. The van der Waals surface area contributed by atoms with E-state index in [1.54, 1.807) is 0 Å². The SMILES string of the molecule is C=C(C)C(=O)OCC(CC(F)(F)C(F)(F)C(F)(F)C(F)(F)C(F)(F)C(F)(F)C(F)(F)C(F)(F)C(F)(C(F)(F)F)C(F)(F)F)OC(=O)C(=C)C. The molecule has 1 unspecified atom stereocenters. The van der Waals surface area contributed by atoms with E-state index in [2.05, 4.69) is 22.6 Å². The molecule has 0 rings (SSSR count). The molecule has 0 spiro atoms. The van der Waals surface area contributed by atoms with E-state index < -0.39 is 108 Å². The highest BCUT2D eigenvalue weighted by Gasteiger charge is 3.00. The molecule has 0 radical (unpaired) electrons. The first-order valence-electron chi connectivity index (χ1n) is 11.6. The molecule has 27 heteroatoms. The molecule has 1 atom stereocenters. The molecule has 0 bridgehead atoms. The average molecular weight is 780 g/mol. The Bertz CT molecular complexity index is 1260. The van der Waals surface area contributed by atoms with Crippen LogP contribution in [0, 0.1) is 0 Å². The quantitative estimate of drug-likeness (QED) is 0.0948. The van der Waals surface area contributed by atoms with Gasteiger partial charge >= 0.3 is 77.3 Å². The Hall–Kier alpha value is -3.19. The first kappa shape index (κ1) is 45.8. The first-order chi connectivity index (χ1) is 21.0. The van der Waals surface area contributed by atoms with Crippen LogP contribution in [-0.2, 0) is 19.1 Å². The van der Waals surface area contributed by atoms with Crippen molar-refractivity contribution in [2.24, 2.45) is 0 Å². The van der Waals surface area contributed by atoms with Crippen LogP contribution in [0.15, 0.2) is 24.3 Å². The zero-order valence-electron chi connectivity index (χ0n) is 23.2. The van der Waals surface area contributed by atoms with Gasteiger partial charge in [-0.15, -0.1) is 0 Å². The number of alkyl halides is 23. The van der Waals surface area contributed by atoms with E-state index in [-0.39, 0.29) is 0 Å². The summed E-state index contributed by atoms with van der Waals surface area (Å²) in [6.07, 6.45) is -23.8. The van der Waals surface area contributed by atoms with Gasteiger partial charge in [-0.2, -0.15) is 96.6 Å². The highest BCUT2D eigenvalue weighted by molar-refractivity contribution is 5.87. The van der Waals surface area contributed by atoms with Gasteiger partial charge in [0.15, 0.2) is 0 Å². The Morgan fingerprint density at radius 2 is 0.776 bits per heavy atom. The highest BCUT2D eigenvalue weighted by Crippen LogP contribution is 2.68. The second kappa shape index (κ2) is 12.9. The summed E-state index contributed by atoms with van der Waals surface area (Å²) in [5.74, 6) is -75.6. The topological polar surface area (TPSA) is 52.6 Å². The lowest BCUT2D eigenvalue weighted by molar-refractivity contribution is -0.481. The van der Waals surface area contributed by atoms with Crippen molar-refractivity contribution in [2.75, 3.05) is 6.61 Å². The van der Waals surface area contributed by atoms with Crippen molar-refractivity contribution < 1.29 is 120 Å². The molecule has 0 heterocycles. The molecule has 0 aliphatic heterocycles. The maximum atomic E-state index is 14.4. The fourth-order valence-electron chi connectivity index (χ4n) is 3.04. The van der Waals surface area contributed by atoms with Gasteiger partial charge in [0.1, 0.15) is 12.7 Å². The van der Waals surface area contributed by atoms with Crippen molar-refractivity contribution in [3.63, 3.8) is 0 Å². The summed E-state index contributed by atoms with van der Waals surface area (Å²) >= 11 is 0. The van der Waals surface area contributed by atoms with Crippen LogP contribution >= 0.6 is 0 Å². The maximum absolute atomic E-state index is 14.4. The third-order valence-corrected chi connectivity index (χ3v) is 5.89. The Morgan fingerprint density at radius 1 is 0.490 bits per heavy atom. The van der Waals surface area contributed by atoms with Gasteiger partial charge < -0.3 is 9.47 Å². The standard InChI is InChI=1S/C22H15F23O4/c1-7(2)10(46)48-6-9(49-11(47)8(3)4)5-12(23,24)14(26,27)16(30,31)18(34,35)20(38,39)19(36,37)17(32,33)15(28,29)13(25,21(40,41)42)22(43,44)45/h9H,1,3,5-6H2,2,4H3. The van der Waals surface area contributed by atoms with Crippen LogP contribution in [0.25, 0.3) is 0 Å². The van der Waals surface area contributed by atoms with Gasteiger partial charge in [0, 0.05) is 11.1 Å². The normalized spacial score (nSPS) is 15.9. The molecule has 0 aromatic carbocycles. The van der Waals surface area contributed by atoms with Crippen LogP contribution in [0.5, 0.6) is 0 Å². The van der Waals surface area contributed by atoms with Crippen molar-refractivity contribution in [3.05, 3.63) is 24.3 Å². The van der Waals surface area contributed by atoms with E-state index in [0.717, 1.165) is 6.92 Å². The number of hydrogen-bond acceptors (Lipinski definition) is 4. The molecular weight excluding hydrogens is 765 g/mol. The van der Waals surface area contributed by atoms with Crippen molar-refractivity contribution in [1.82, 2.24) is 0 Å². The van der Waals surface area contributed by atoms with Crippen LogP contribution in [0.2, 0.25) is 0 Å². The van der Waals surface area contributed by atoms with Gasteiger partial charge in [-0.25, -0.2) is 14.0 Å². The lowest BCUT2D eigenvalue weighted by atomic mass is 9.82. The molecule has 0 saturated heterocycles. The summed E-state index contributed by atoms with van der Waals surface area (Å²) in [5.41, 5.74) is -10.6. The largest absolute Gasteiger partial charge is 0.458 e. The molecule has 0 aliphatic carbocycles. The van der Waals surface area contributed by atoms with Gasteiger partial charge in [0.2, 0.25) is 0 Å². The summed E-state index contributed by atoms with van der Waals surface area (Å²) in [6, 6.07) is 0. The van der Waals surface area contributed by atoms with Gasteiger partial charge in [0.05, 0.1) is 6.42 Å². The van der Waals surface area contributed by atoms with Crippen LogP contribution < -0.4 is 0 Å². The van der Waals surface area contributed by atoms with Crippen molar-refractivity contribution >= 4 is 11.9 Å². The smallest absolute Gasteiger partial charge is 0.438 e. The molecule has 4 nitrogen and oxygen atoms in total. The number of halogens is 23. The molecule has 0 N–H and O–H groups in total. The Morgan fingerprint density at radius 3 is 1.06 bits per heavy atom. The monoisotopic (exact) mass is 780 g/mol. The number of ether oxygens (including phenoxy) is 2. The van der Waals surface area contributed by atoms with Crippen LogP contribution in [0.4, 0.5) is 101 Å². The summed E-state index contributed by atoms with van der Waals surface area (Å²) in [4.78, 5) is 23.0. The van der Waals surface area contributed by atoms with Crippen molar-refractivity contribution in [1.29, 1.82) is 0 Å². The van der Waals surface area contributed by atoms with E-state index in [4.69, 9.17) is 0 Å². The zero-order chi connectivity index (χ0) is 40.2. The van der Waals surface area contributed by atoms with E-state index in [1.807, 2.05) is 0 Å². The van der Waals surface area contributed by atoms with Crippen molar-refractivity contribution in [3.8, 4) is 0 Å². The molecule has 0 aromatic rings. The molecule has 49 heavy (non-hydrogen) atoms. The number of hydrogen-bond donors (Lipinski definition) is 0. The molecule has 288 valence electrons. The van der Waals surface area contributed by atoms with Gasteiger partial charge in [-0.1, -0.05) is 13.2 Å². The minimum absolute atomic E-state index is 0.658. The van der Waals surface area contributed by atoms with Gasteiger partial charge in [0.25, 0.3) is 0 Å². The highest BCUT2D eigenvalue weighted by atomic mass is 19.4. The van der Waals surface area contributed by atoms with E-state index in [9.17, 15) is 111 Å². The molecule has 0 aromatic heterocycles. The number of rotatable bonds is 15.